The molecule has 0 aromatic carbocycles. The van der Waals surface area contributed by atoms with Gasteiger partial charge in [0.05, 0.1) is 17.0 Å². The number of rotatable bonds is 4. The molecule has 1 heterocycles. The van der Waals surface area contributed by atoms with Crippen molar-refractivity contribution in [1.29, 1.82) is 5.26 Å². The number of hydrogen-bond donors (Lipinski definition) is 0. The van der Waals surface area contributed by atoms with Crippen LogP contribution in [0.5, 0.6) is 0 Å². The van der Waals surface area contributed by atoms with Gasteiger partial charge >= 0.3 is 0 Å². The summed E-state index contributed by atoms with van der Waals surface area (Å²) in [5.41, 5.74) is 1.99. The van der Waals surface area contributed by atoms with Gasteiger partial charge in [-0.3, -0.25) is 0 Å². The van der Waals surface area contributed by atoms with Gasteiger partial charge in [0.2, 0.25) is 0 Å². The largest absolute Gasteiger partial charge is 0.229 e. The van der Waals surface area contributed by atoms with E-state index in [1.54, 1.807) is 6.92 Å². The summed E-state index contributed by atoms with van der Waals surface area (Å²) in [4.78, 5) is 0. The molecule has 0 unspecified atom stereocenters. The van der Waals surface area contributed by atoms with E-state index in [1.807, 2.05) is 6.92 Å². The van der Waals surface area contributed by atoms with Crippen LogP contribution in [0, 0.1) is 25.2 Å². The zero-order valence-electron chi connectivity index (χ0n) is 9.89. The smallest absolute Gasteiger partial charge is 0.148 e. The Hall–Kier alpha value is -1.13. The van der Waals surface area contributed by atoms with Crippen molar-refractivity contribution in [3.8, 4) is 6.07 Å². The predicted molar refractivity (Wildman–Crippen MR) is 66.7 cm³/mol. The second-order valence-electron chi connectivity index (χ2n) is 3.68. The summed E-state index contributed by atoms with van der Waals surface area (Å²) < 4.78 is 22.0. The number of nitrogens with zero attached hydrogens (tertiary/aromatic N) is 3. The zero-order chi connectivity index (χ0) is 13.1. The number of sulfone groups is 1. The summed E-state index contributed by atoms with van der Waals surface area (Å²) in [5, 5.41) is 17.4. The third kappa shape index (κ3) is 3.98. The van der Waals surface area contributed by atoms with Gasteiger partial charge in [0.15, 0.2) is 0 Å². The van der Waals surface area contributed by atoms with Crippen molar-refractivity contribution >= 4 is 21.6 Å². The minimum absolute atomic E-state index is 0.0666. The van der Waals surface area contributed by atoms with E-state index in [1.165, 1.54) is 18.0 Å². The van der Waals surface area contributed by atoms with Gasteiger partial charge in [-0.15, -0.1) is 16.9 Å². The summed E-state index contributed by atoms with van der Waals surface area (Å²) >= 11 is 1.25. The molecular formula is C10H13N3O2S2. The molecule has 1 aromatic rings. The van der Waals surface area contributed by atoms with Crippen molar-refractivity contribution in [2.24, 2.45) is 0 Å². The van der Waals surface area contributed by atoms with Gasteiger partial charge < -0.3 is 0 Å². The molecule has 0 amide bonds. The van der Waals surface area contributed by atoms with Crippen LogP contribution in [0.4, 0.5) is 0 Å². The molecule has 5 nitrogen and oxygen atoms in total. The van der Waals surface area contributed by atoms with Crippen LogP contribution in [-0.2, 0) is 9.84 Å². The van der Waals surface area contributed by atoms with Crippen molar-refractivity contribution in [1.82, 2.24) is 10.2 Å². The highest BCUT2D eigenvalue weighted by Crippen LogP contribution is 2.22. The highest BCUT2D eigenvalue weighted by Gasteiger charge is 2.12. The van der Waals surface area contributed by atoms with E-state index in [-0.39, 0.29) is 5.75 Å². The minimum Gasteiger partial charge on any atom is -0.229 e. The molecule has 0 aliphatic rings. The lowest BCUT2D eigenvalue weighted by atomic mass is 10.1. The lowest BCUT2D eigenvalue weighted by Gasteiger charge is -2.05. The summed E-state index contributed by atoms with van der Waals surface area (Å²) in [6, 6.07) is 2.08. The standard InChI is InChI=1S/C10H13N3O2S2/c1-7-8(2)12-13-10(9(7)6-11)16-4-5-17(3,14)15/h4-5H2,1-3H3. The Bertz CT molecular complexity index is 562. The van der Waals surface area contributed by atoms with Crippen LogP contribution in [-0.4, -0.2) is 36.4 Å². The minimum atomic E-state index is -2.98. The number of aromatic nitrogens is 2. The highest BCUT2D eigenvalue weighted by atomic mass is 32.2. The Labute approximate surface area is 105 Å². The number of thioether (sulfide) groups is 1. The molecule has 92 valence electrons. The molecule has 17 heavy (non-hydrogen) atoms. The summed E-state index contributed by atoms with van der Waals surface area (Å²) in [6.45, 7) is 3.59. The Morgan fingerprint density at radius 3 is 2.53 bits per heavy atom. The molecule has 0 bridgehead atoms. The van der Waals surface area contributed by atoms with E-state index < -0.39 is 9.84 Å². The fourth-order valence-electron chi connectivity index (χ4n) is 1.11. The van der Waals surface area contributed by atoms with E-state index >= 15 is 0 Å². The monoisotopic (exact) mass is 271 g/mol. The number of hydrogen-bond acceptors (Lipinski definition) is 6. The molecule has 0 aliphatic carbocycles. The average molecular weight is 271 g/mol. The lowest BCUT2D eigenvalue weighted by molar-refractivity contribution is 0.603. The molecule has 0 radical (unpaired) electrons. The first-order chi connectivity index (χ1) is 7.85. The number of aryl methyl sites for hydroxylation is 1. The van der Waals surface area contributed by atoms with E-state index in [4.69, 9.17) is 5.26 Å². The van der Waals surface area contributed by atoms with Crippen molar-refractivity contribution in [3.05, 3.63) is 16.8 Å². The molecule has 0 N–H and O–H groups in total. The molecule has 7 heteroatoms. The normalized spacial score (nSPS) is 11.2. The maximum atomic E-state index is 11.0. The van der Waals surface area contributed by atoms with Crippen LogP contribution in [0.1, 0.15) is 16.8 Å². The average Bonchev–Trinajstić information content (AvgIpc) is 2.22. The molecule has 0 saturated heterocycles. The molecule has 0 fully saturated rings. The fraction of sp³-hybridized carbons (Fsp3) is 0.500. The highest BCUT2D eigenvalue weighted by molar-refractivity contribution is 8.00. The number of nitriles is 1. The van der Waals surface area contributed by atoms with Gasteiger partial charge in [-0.05, 0) is 19.4 Å². The van der Waals surface area contributed by atoms with Gasteiger partial charge in [0, 0.05) is 12.0 Å². The zero-order valence-corrected chi connectivity index (χ0v) is 11.5. The van der Waals surface area contributed by atoms with Crippen LogP contribution in [0.2, 0.25) is 0 Å². The van der Waals surface area contributed by atoms with Crippen molar-refractivity contribution < 1.29 is 8.42 Å². The predicted octanol–water partition coefficient (Wildman–Crippen LogP) is 1.10. The van der Waals surface area contributed by atoms with Crippen molar-refractivity contribution in [2.75, 3.05) is 17.8 Å². The first-order valence-corrected chi connectivity index (χ1v) is 7.94. The maximum Gasteiger partial charge on any atom is 0.148 e. The quantitative estimate of drug-likeness (QED) is 0.762. The molecule has 0 atom stereocenters. The van der Waals surface area contributed by atoms with Gasteiger partial charge in [0.25, 0.3) is 0 Å². The SMILES string of the molecule is Cc1nnc(SCCS(C)(=O)=O)c(C#N)c1C. The van der Waals surface area contributed by atoms with Gasteiger partial charge in [-0.25, -0.2) is 8.42 Å². The maximum absolute atomic E-state index is 11.0. The summed E-state index contributed by atoms with van der Waals surface area (Å²) in [7, 11) is -2.98. The van der Waals surface area contributed by atoms with Crippen LogP contribution >= 0.6 is 11.8 Å². The van der Waals surface area contributed by atoms with Gasteiger partial charge in [0.1, 0.15) is 20.9 Å². The van der Waals surface area contributed by atoms with Gasteiger partial charge in [-0.1, -0.05) is 0 Å². The van der Waals surface area contributed by atoms with E-state index in [0.717, 1.165) is 5.56 Å². The van der Waals surface area contributed by atoms with E-state index in [2.05, 4.69) is 16.3 Å². The molecule has 0 saturated carbocycles. The molecule has 0 aliphatic heterocycles. The van der Waals surface area contributed by atoms with Crippen LogP contribution < -0.4 is 0 Å². The van der Waals surface area contributed by atoms with Crippen molar-refractivity contribution in [3.63, 3.8) is 0 Å². The molecule has 1 rings (SSSR count). The topological polar surface area (TPSA) is 83.7 Å². The molecular weight excluding hydrogens is 258 g/mol. The fourth-order valence-corrected chi connectivity index (χ4v) is 3.29. The van der Waals surface area contributed by atoms with Crippen LogP contribution in [0.15, 0.2) is 5.03 Å². The third-order valence-corrected chi connectivity index (χ3v) is 4.40. The Kier molecular flexibility index (Phi) is 4.48. The second-order valence-corrected chi connectivity index (χ2v) is 7.02. The first-order valence-electron chi connectivity index (χ1n) is 4.89. The van der Waals surface area contributed by atoms with Crippen molar-refractivity contribution in [2.45, 2.75) is 18.9 Å². The van der Waals surface area contributed by atoms with Crippen LogP contribution in [0.25, 0.3) is 0 Å². The summed E-state index contributed by atoms with van der Waals surface area (Å²) in [5.74, 6) is 0.446. The van der Waals surface area contributed by atoms with E-state index in [0.29, 0.717) is 22.0 Å². The Morgan fingerprint density at radius 2 is 2.00 bits per heavy atom. The lowest BCUT2D eigenvalue weighted by Crippen LogP contribution is -2.06. The second kappa shape index (κ2) is 5.47. The first kappa shape index (κ1) is 13.9. The molecule has 1 aromatic heterocycles. The third-order valence-electron chi connectivity index (χ3n) is 2.23. The Morgan fingerprint density at radius 1 is 1.35 bits per heavy atom. The molecule has 0 spiro atoms. The van der Waals surface area contributed by atoms with Gasteiger partial charge in [-0.2, -0.15) is 10.4 Å². The Balaban J connectivity index is 2.86. The van der Waals surface area contributed by atoms with Crippen LogP contribution in [0.3, 0.4) is 0 Å². The van der Waals surface area contributed by atoms with E-state index in [9.17, 15) is 8.42 Å². The summed E-state index contributed by atoms with van der Waals surface area (Å²) in [6.07, 6.45) is 1.19.